The largest absolute Gasteiger partial charge is 0.492 e. The van der Waals surface area contributed by atoms with Crippen LogP contribution in [-0.2, 0) is 20.9 Å². The van der Waals surface area contributed by atoms with Crippen molar-refractivity contribution in [2.24, 2.45) is 0 Å². The second-order valence-electron chi connectivity index (χ2n) is 8.59. The summed E-state index contributed by atoms with van der Waals surface area (Å²) in [6.07, 6.45) is 6.19. The zero-order valence-electron chi connectivity index (χ0n) is 21.5. The molecule has 1 N–H and O–H groups in total. The molecule has 1 saturated heterocycles. The van der Waals surface area contributed by atoms with E-state index < -0.39 is 6.10 Å². The highest BCUT2D eigenvalue weighted by molar-refractivity contribution is 7.98. The number of likely N-dealkylation sites (N-methyl/N-ethyl adjacent to an activating group) is 1. The summed E-state index contributed by atoms with van der Waals surface area (Å²) in [6, 6.07) is 11.2. The minimum absolute atomic E-state index is 0.0417. The topological polar surface area (TPSA) is 117 Å². The maximum atomic E-state index is 12.7. The van der Waals surface area contributed by atoms with Crippen molar-refractivity contribution in [2.75, 3.05) is 45.5 Å². The van der Waals surface area contributed by atoms with Crippen molar-refractivity contribution in [3.63, 3.8) is 0 Å². The molecule has 12 heteroatoms. The summed E-state index contributed by atoms with van der Waals surface area (Å²) >= 11 is 1.67. The fourth-order valence-corrected chi connectivity index (χ4v) is 4.13. The van der Waals surface area contributed by atoms with Crippen molar-refractivity contribution in [3.8, 4) is 17.4 Å². The van der Waals surface area contributed by atoms with Crippen LogP contribution in [0.4, 0.5) is 5.69 Å². The molecular formula is C26H31N5O6S. The second-order valence-corrected chi connectivity index (χ2v) is 9.47. The summed E-state index contributed by atoms with van der Waals surface area (Å²) in [5.74, 6) is 1.38. The fourth-order valence-electron chi connectivity index (χ4n) is 3.73. The molecule has 1 fully saturated rings. The van der Waals surface area contributed by atoms with Gasteiger partial charge in [0, 0.05) is 36.8 Å². The van der Waals surface area contributed by atoms with E-state index in [4.69, 9.17) is 18.9 Å². The Labute approximate surface area is 225 Å². The standard InChI is InChI=1S/C26H31N5O6S/c1-30(10-11-35-19-4-6-22(38-3)7-5-19)25(32)16-31-15-18(14-28-31)29-26(33)23-12-21(17-36-23)37-20-8-9-27-24(13-20)34-2/h4-9,13-15,21,23H,10-12,16-17H2,1-3H3,(H,29,33)/t21-,23+/m0/s1. The molecule has 0 radical (unpaired) electrons. The molecule has 0 unspecified atom stereocenters. The van der Waals surface area contributed by atoms with Gasteiger partial charge in [-0.05, 0) is 36.6 Å². The van der Waals surface area contributed by atoms with Gasteiger partial charge in [0.1, 0.15) is 36.9 Å². The molecule has 4 rings (SSSR count). The van der Waals surface area contributed by atoms with Gasteiger partial charge in [0.05, 0.1) is 32.1 Å². The third-order valence-corrected chi connectivity index (χ3v) is 6.59. The highest BCUT2D eigenvalue weighted by atomic mass is 32.2. The normalized spacial score (nSPS) is 16.6. The van der Waals surface area contributed by atoms with E-state index in [1.54, 1.807) is 48.2 Å². The van der Waals surface area contributed by atoms with Gasteiger partial charge in [0.15, 0.2) is 0 Å². The maximum absolute atomic E-state index is 12.7. The fraction of sp³-hybridized carbons (Fsp3) is 0.385. The van der Waals surface area contributed by atoms with Crippen LogP contribution in [0.1, 0.15) is 6.42 Å². The summed E-state index contributed by atoms with van der Waals surface area (Å²) < 4.78 is 23.8. The van der Waals surface area contributed by atoms with E-state index in [0.717, 1.165) is 10.6 Å². The first kappa shape index (κ1) is 27.3. The summed E-state index contributed by atoms with van der Waals surface area (Å²) in [5.41, 5.74) is 0.481. The van der Waals surface area contributed by atoms with Crippen LogP contribution in [0.3, 0.4) is 0 Å². The molecule has 1 aromatic carbocycles. The van der Waals surface area contributed by atoms with E-state index in [1.807, 2.05) is 30.5 Å². The Morgan fingerprint density at radius 1 is 1.24 bits per heavy atom. The lowest BCUT2D eigenvalue weighted by Gasteiger charge is -2.17. The van der Waals surface area contributed by atoms with Crippen molar-refractivity contribution in [2.45, 2.75) is 30.1 Å². The van der Waals surface area contributed by atoms with Crippen LogP contribution < -0.4 is 19.5 Å². The van der Waals surface area contributed by atoms with Crippen molar-refractivity contribution >= 4 is 29.3 Å². The monoisotopic (exact) mass is 541 g/mol. The predicted octanol–water partition coefficient (Wildman–Crippen LogP) is 2.72. The first-order valence-corrected chi connectivity index (χ1v) is 13.3. The van der Waals surface area contributed by atoms with Crippen molar-refractivity contribution in [1.82, 2.24) is 19.7 Å². The molecule has 202 valence electrons. The molecule has 1 aliphatic rings. The number of thioether (sulfide) groups is 1. The number of benzene rings is 1. The van der Waals surface area contributed by atoms with Crippen LogP contribution in [0.2, 0.25) is 0 Å². The number of rotatable bonds is 12. The molecule has 3 heterocycles. The summed E-state index contributed by atoms with van der Waals surface area (Å²) in [7, 11) is 3.25. The second kappa shape index (κ2) is 13.2. The van der Waals surface area contributed by atoms with Gasteiger partial charge >= 0.3 is 0 Å². The Kier molecular flexibility index (Phi) is 9.44. The average Bonchev–Trinajstić information content (AvgIpc) is 3.58. The van der Waals surface area contributed by atoms with Crippen LogP contribution >= 0.6 is 11.8 Å². The van der Waals surface area contributed by atoms with E-state index in [-0.39, 0.29) is 31.1 Å². The van der Waals surface area contributed by atoms with Gasteiger partial charge < -0.3 is 29.2 Å². The summed E-state index contributed by atoms with van der Waals surface area (Å²) in [4.78, 5) is 32.0. The lowest BCUT2D eigenvalue weighted by molar-refractivity contribution is -0.131. The van der Waals surface area contributed by atoms with E-state index in [0.29, 0.717) is 36.9 Å². The SMILES string of the molecule is COc1cc(O[C@@H]2CO[C@@H](C(=O)Nc3cnn(CC(=O)N(C)CCOc4ccc(SC)cc4)c3)C2)ccn1. The molecule has 2 amide bonds. The van der Waals surface area contributed by atoms with Gasteiger partial charge in [-0.2, -0.15) is 5.10 Å². The van der Waals surface area contributed by atoms with Crippen molar-refractivity contribution in [3.05, 3.63) is 55.0 Å². The molecule has 11 nitrogen and oxygen atoms in total. The first-order valence-electron chi connectivity index (χ1n) is 12.1. The number of ether oxygens (including phenoxy) is 4. The molecule has 38 heavy (non-hydrogen) atoms. The molecule has 0 bridgehead atoms. The Bertz CT molecular complexity index is 1220. The van der Waals surface area contributed by atoms with Gasteiger partial charge in [0.25, 0.3) is 5.91 Å². The lowest BCUT2D eigenvalue weighted by Crippen LogP contribution is -2.33. The summed E-state index contributed by atoms with van der Waals surface area (Å²) in [5, 5.41) is 6.98. The molecule has 2 aromatic heterocycles. The number of anilines is 1. The van der Waals surface area contributed by atoms with Gasteiger partial charge in [0.2, 0.25) is 11.8 Å². The quantitative estimate of drug-likeness (QED) is 0.346. The first-order chi connectivity index (χ1) is 18.4. The lowest BCUT2D eigenvalue weighted by atomic mass is 10.2. The zero-order chi connectivity index (χ0) is 26.9. The average molecular weight is 542 g/mol. The number of hydrogen-bond acceptors (Lipinski definition) is 9. The van der Waals surface area contributed by atoms with Crippen LogP contribution in [0, 0.1) is 0 Å². The molecule has 3 aromatic rings. The number of aromatic nitrogens is 3. The number of methoxy groups -OCH3 is 1. The van der Waals surface area contributed by atoms with Crippen LogP contribution in [0.5, 0.6) is 17.4 Å². The highest BCUT2D eigenvalue weighted by Gasteiger charge is 2.32. The van der Waals surface area contributed by atoms with E-state index in [2.05, 4.69) is 15.4 Å². The number of pyridine rings is 1. The predicted molar refractivity (Wildman–Crippen MR) is 142 cm³/mol. The number of carbonyl (C=O) groups is 2. The van der Waals surface area contributed by atoms with Crippen molar-refractivity contribution in [1.29, 1.82) is 0 Å². The van der Waals surface area contributed by atoms with Crippen LogP contribution in [0.25, 0.3) is 0 Å². The smallest absolute Gasteiger partial charge is 0.253 e. The number of hydrogen-bond donors (Lipinski definition) is 1. The molecule has 2 atom stereocenters. The Morgan fingerprint density at radius 3 is 2.82 bits per heavy atom. The third kappa shape index (κ3) is 7.62. The van der Waals surface area contributed by atoms with Gasteiger partial charge in [-0.3, -0.25) is 14.3 Å². The molecular weight excluding hydrogens is 510 g/mol. The number of amides is 2. The third-order valence-electron chi connectivity index (χ3n) is 5.85. The Morgan fingerprint density at radius 2 is 2.05 bits per heavy atom. The molecule has 0 saturated carbocycles. The number of carbonyl (C=O) groups excluding carboxylic acids is 2. The molecule has 1 aliphatic heterocycles. The number of nitrogens with one attached hydrogen (secondary N) is 1. The Balaban J connectivity index is 1.18. The van der Waals surface area contributed by atoms with Gasteiger partial charge in [-0.25, -0.2) is 4.98 Å². The minimum atomic E-state index is -0.656. The summed E-state index contributed by atoms with van der Waals surface area (Å²) in [6.45, 7) is 1.14. The van der Waals surface area contributed by atoms with Crippen molar-refractivity contribution < 1.29 is 28.5 Å². The van der Waals surface area contributed by atoms with E-state index >= 15 is 0 Å². The highest BCUT2D eigenvalue weighted by Crippen LogP contribution is 2.23. The van der Waals surface area contributed by atoms with E-state index in [1.165, 1.54) is 18.0 Å². The molecule has 0 spiro atoms. The van der Waals surface area contributed by atoms with Crippen LogP contribution in [-0.4, -0.2) is 83.9 Å². The van der Waals surface area contributed by atoms with Gasteiger partial charge in [-0.1, -0.05) is 0 Å². The molecule has 0 aliphatic carbocycles. The maximum Gasteiger partial charge on any atom is 0.253 e. The minimum Gasteiger partial charge on any atom is -0.492 e. The van der Waals surface area contributed by atoms with E-state index in [9.17, 15) is 9.59 Å². The number of nitrogens with zero attached hydrogens (tertiary/aromatic N) is 4. The van der Waals surface area contributed by atoms with Gasteiger partial charge in [-0.15, -0.1) is 11.8 Å². The Hall–Kier alpha value is -3.77. The van der Waals surface area contributed by atoms with Crippen LogP contribution in [0.15, 0.2) is 59.9 Å². The zero-order valence-corrected chi connectivity index (χ0v) is 22.3.